The first-order chi connectivity index (χ1) is 11.2. The van der Waals surface area contributed by atoms with E-state index in [0.717, 1.165) is 30.8 Å². The molecule has 5 heteroatoms. The van der Waals surface area contributed by atoms with Crippen LogP contribution in [0.2, 0.25) is 0 Å². The zero-order chi connectivity index (χ0) is 16.2. The molecule has 0 spiro atoms. The lowest BCUT2D eigenvalue weighted by Gasteiger charge is -2.18. The van der Waals surface area contributed by atoms with E-state index in [1.54, 1.807) is 18.2 Å². The number of ether oxygens (including phenoxy) is 1. The molecule has 0 unspecified atom stereocenters. The number of amides is 2. The van der Waals surface area contributed by atoms with Crippen molar-refractivity contribution >= 4 is 11.7 Å². The van der Waals surface area contributed by atoms with Gasteiger partial charge in [-0.15, -0.1) is 0 Å². The van der Waals surface area contributed by atoms with E-state index in [2.05, 4.69) is 29.4 Å². The van der Waals surface area contributed by atoms with Crippen molar-refractivity contribution in [3.8, 4) is 5.75 Å². The summed E-state index contributed by atoms with van der Waals surface area (Å²) >= 11 is 0. The topological polar surface area (TPSA) is 54.5 Å². The van der Waals surface area contributed by atoms with Gasteiger partial charge in [0.05, 0.1) is 25.5 Å². The van der Waals surface area contributed by atoms with Gasteiger partial charge in [-0.3, -0.25) is 9.88 Å². The summed E-state index contributed by atoms with van der Waals surface area (Å²) in [7, 11) is 1.60. The average Bonchev–Trinajstić information content (AvgIpc) is 3.03. The molecular formula is C18H21N3O2. The minimum absolute atomic E-state index is 0.0781. The summed E-state index contributed by atoms with van der Waals surface area (Å²) in [6.07, 6.45) is 3.58. The first-order valence-electron chi connectivity index (χ1n) is 7.87. The Kier molecular flexibility index (Phi) is 4.46. The Labute approximate surface area is 136 Å². The molecule has 0 radical (unpaired) electrons. The van der Waals surface area contributed by atoms with Crippen LogP contribution in [0.1, 0.15) is 23.7 Å². The molecule has 2 heterocycles. The van der Waals surface area contributed by atoms with Gasteiger partial charge in [-0.2, -0.15) is 0 Å². The minimum atomic E-state index is -0.0781. The summed E-state index contributed by atoms with van der Waals surface area (Å²) in [5, 5.41) is 2.93. The lowest BCUT2D eigenvalue weighted by Crippen LogP contribution is -2.38. The quantitative estimate of drug-likeness (QED) is 0.944. The fourth-order valence-electron chi connectivity index (χ4n) is 2.78. The van der Waals surface area contributed by atoms with Gasteiger partial charge in [0.25, 0.3) is 0 Å². The SMILES string of the molecule is CCc1ccc2c(c1)CCN2C(=O)NCc1ccc(OC)cn1. The van der Waals surface area contributed by atoms with E-state index >= 15 is 0 Å². The molecule has 0 atom stereocenters. The minimum Gasteiger partial charge on any atom is -0.495 e. The Morgan fingerprint density at radius 1 is 1.35 bits per heavy atom. The summed E-state index contributed by atoms with van der Waals surface area (Å²) in [6.45, 7) is 3.27. The summed E-state index contributed by atoms with van der Waals surface area (Å²) in [6, 6.07) is 9.96. The number of benzene rings is 1. The number of nitrogens with one attached hydrogen (secondary N) is 1. The van der Waals surface area contributed by atoms with Gasteiger partial charge in [0.1, 0.15) is 5.75 Å². The second-order valence-corrected chi connectivity index (χ2v) is 5.57. The molecule has 0 saturated heterocycles. The van der Waals surface area contributed by atoms with Crippen LogP contribution in [0.3, 0.4) is 0 Å². The molecule has 23 heavy (non-hydrogen) atoms. The fraction of sp³-hybridized carbons (Fsp3) is 0.333. The summed E-state index contributed by atoms with van der Waals surface area (Å²) in [5.74, 6) is 0.709. The molecule has 1 aromatic carbocycles. The Hall–Kier alpha value is -2.56. The van der Waals surface area contributed by atoms with Gasteiger partial charge in [0.2, 0.25) is 0 Å². The van der Waals surface area contributed by atoms with Gasteiger partial charge in [0, 0.05) is 12.2 Å². The van der Waals surface area contributed by atoms with Gasteiger partial charge in [-0.05, 0) is 42.2 Å². The molecule has 1 aliphatic rings. The first kappa shape index (κ1) is 15.3. The van der Waals surface area contributed by atoms with Gasteiger partial charge in [-0.1, -0.05) is 19.1 Å². The number of pyridine rings is 1. The van der Waals surface area contributed by atoms with E-state index in [0.29, 0.717) is 12.3 Å². The van der Waals surface area contributed by atoms with E-state index in [1.165, 1.54) is 11.1 Å². The Morgan fingerprint density at radius 2 is 2.22 bits per heavy atom. The molecule has 5 nitrogen and oxygen atoms in total. The molecule has 1 N–H and O–H groups in total. The molecule has 120 valence electrons. The largest absolute Gasteiger partial charge is 0.495 e. The van der Waals surface area contributed by atoms with E-state index in [4.69, 9.17) is 4.74 Å². The number of hydrogen-bond acceptors (Lipinski definition) is 3. The standard InChI is InChI=1S/C18H21N3O2/c1-3-13-4-7-17-14(10-13)8-9-21(17)18(22)20-11-15-5-6-16(23-2)12-19-15/h4-7,10,12H,3,8-9,11H2,1-2H3,(H,20,22). The highest BCUT2D eigenvalue weighted by Gasteiger charge is 2.24. The number of aromatic nitrogens is 1. The molecule has 3 rings (SSSR count). The van der Waals surface area contributed by atoms with Crippen molar-refractivity contribution in [2.75, 3.05) is 18.6 Å². The van der Waals surface area contributed by atoms with Crippen molar-refractivity contribution in [1.82, 2.24) is 10.3 Å². The second-order valence-electron chi connectivity index (χ2n) is 5.57. The third-order valence-corrected chi connectivity index (χ3v) is 4.15. The third-order valence-electron chi connectivity index (χ3n) is 4.15. The molecule has 2 amide bonds. The average molecular weight is 311 g/mol. The van der Waals surface area contributed by atoms with Crippen molar-refractivity contribution in [2.24, 2.45) is 0 Å². The number of urea groups is 1. The summed E-state index contributed by atoms with van der Waals surface area (Å²) < 4.78 is 5.08. The number of fused-ring (bicyclic) bond motifs is 1. The molecular weight excluding hydrogens is 290 g/mol. The number of anilines is 1. The zero-order valence-corrected chi connectivity index (χ0v) is 13.5. The summed E-state index contributed by atoms with van der Waals surface area (Å²) in [4.78, 5) is 18.5. The predicted octanol–water partition coefficient (Wildman–Crippen LogP) is 2.92. The van der Waals surface area contributed by atoms with Crippen molar-refractivity contribution in [3.05, 3.63) is 53.3 Å². The van der Waals surface area contributed by atoms with Crippen LogP contribution >= 0.6 is 0 Å². The van der Waals surface area contributed by atoms with Gasteiger partial charge in [-0.25, -0.2) is 4.79 Å². The highest BCUT2D eigenvalue weighted by atomic mass is 16.5. The summed E-state index contributed by atoms with van der Waals surface area (Å²) in [5.41, 5.74) is 4.39. The predicted molar refractivity (Wildman–Crippen MR) is 89.9 cm³/mol. The van der Waals surface area contributed by atoms with Gasteiger partial charge >= 0.3 is 6.03 Å². The van der Waals surface area contributed by atoms with Crippen LogP contribution in [0.15, 0.2) is 36.5 Å². The van der Waals surface area contributed by atoms with Crippen LogP contribution in [0.4, 0.5) is 10.5 Å². The molecule has 1 aromatic heterocycles. The number of hydrogen-bond donors (Lipinski definition) is 1. The highest BCUT2D eigenvalue weighted by Crippen LogP contribution is 2.29. The van der Waals surface area contributed by atoms with Crippen LogP contribution in [0.5, 0.6) is 5.75 Å². The van der Waals surface area contributed by atoms with Crippen LogP contribution in [-0.2, 0) is 19.4 Å². The lowest BCUT2D eigenvalue weighted by molar-refractivity contribution is 0.246. The van der Waals surface area contributed by atoms with Crippen LogP contribution in [-0.4, -0.2) is 24.7 Å². The Balaban J connectivity index is 1.63. The monoisotopic (exact) mass is 311 g/mol. The lowest BCUT2D eigenvalue weighted by atomic mass is 10.1. The second kappa shape index (κ2) is 6.69. The van der Waals surface area contributed by atoms with E-state index in [-0.39, 0.29) is 6.03 Å². The maximum atomic E-state index is 12.4. The van der Waals surface area contributed by atoms with Crippen LogP contribution in [0.25, 0.3) is 0 Å². The van der Waals surface area contributed by atoms with Gasteiger partial charge in [0.15, 0.2) is 0 Å². The highest BCUT2D eigenvalue weighted by molar-refractivity contribution is 5.94. The first-order valence-corrected chi connectivity index (χ1v) is 7.87. The van der Waals surface area contributed by atoms with Crippen LogP contribution < -0.4 is 15.0 Å². The van der Waals surface area contributed by atoms with Gasteiger partial charge < -0.3 is 10.1 Å². The zero-order valence-electron chi connectivity index (χ0n) is 13.5. The van der Waals surface area contributed by atoms with E-state index < -0.39 is 0 Å². The number of aryl methyl sites for hydroxylation is 1. The molecule has 0 aliphatic carbocycles. The maximum Gasteiger partial charge on any atom is 0.322 e. The maximum absolute atomic E-state index is 12.4. The molecule has 0 bridgehead atoms. The smallest absolute Gasteiger partial charge is 0.322 e. The van der Waals surface area contributed by atoms with E-state index in [1.807, 2.05) is 18.2 Å². The number of rotatable bonds is 4. The number of methoxy groups -OCH3 is 1. The van der Waals surface area contributed by atoms with E-state index in [9.17, 15) is 4.79 Å². The number of carbonyl (C=O) groups excluding carboxylic acids is 1. The molecule has 0 fully saturated rings. The van der Waals surface area contributed by atoms with Crippen molar-refractivity contribution in [2.45, 2.75) is 26.3 Å². The van der Waals surface area contributed by atoms with Crippen molar-refractivity contribution in [3.63, 3.8) is 0 Å². The molecule has 2 aromatic rings. The molecule has 1 aliphatic heterocycles. The molecule has 0 saturated carbocycles. The number of nitrogens with zero attached hydrogens (tertiary/aromatic N) is 2. The fourth-order valence-corrected chi connectivity index (χ4v) is 2.78. The Morgan fingerprint density at radius 3 is 2.91 bits per heavy atom. The van der Waals surface area contributed by atoms with Crippen molar-refractivity contribution in [1.29, 1.82) is 0 Å². The number of carbonyl (C=O) groups is 1. The van der Waals surface area contributed by atoms with Crippen molar-refractivity contribution < 1.29 is 9.53 Å². The van der Waals surface area contributed by atoms with Crippen LogP contribution in [0, 0.1) is 0 Å². The normalized spacial score (nSPS) is 12.9. The third kappa shape index (κ3) is 3.28. The Bertz CT molecular complexity index is 698.